The molecule has 2 heterocycles. The lowest BCUT2D eigenvalue weighted by atomic mass is 10.1. The number of pyridine rings is 1. The predicted molar refractivity (Wildman–Crippen MR) is 101 cm³/mol. The Labute approximate surface area is 159 Å². The van der Waals surface area contributed by atoms with Gasteiger partial charge in [0.2, 0.25) is 0 Å². The van der Waals surface area contributed by atoms with E-state index in [0.717, 1.165) is 35.0 Å². The lowest BCUT2D eigenvalue weighted by Crippen LogP contribution is -2.06. The van der Waals surface area contributed by atoms with E-state index in [2.05, 4.69) is 20.0 Å². The summed E-state index contributed by atoms with van der Waals surface area (Å²) in [6, 6.07) is 8.08. The van der Waals surface area contributed by atoms with Crippen molar-refractivity contribution >= 4 is 23.5 Å². The van der Waals surface area contributed by atoms with Crippen molar-refractivity contribution in [2.75, 3.05) is 11.9 Å². The number of imidazole rings is 1. The Kier molecular flexibility index (Phi) is 5.71. The van der Waals surface area contributed by atoms with Crippen molar-refractivity contribution in [3.63, 3.8) is 0 Å². The number of alkyl halides is 3. The summed E-state index contributed by atoms with van der Waals surface area (Å²) in [5.74, 6) is 0.326. The van der Waals surface area contributed by atoms with Crippen LogP contribution < -0.4 is 10.0 Å². The van der Waals surface area contributed by atoms with Gasteiger partial charge in [0.15, 0.2) is 0 Å². The number of benzene rings is 1. The van der Waals surface area contributed by atoms with Crippen molar-refractivity contribution in [1.29, 1.82) is 0 Å². The van der Waals surface area contributed by atoms with E-state index < -0.39 is 11.7 Å². The Morgan fingerprint density at radius 2 is 1.96 bits per heavy atom. The molecule has 142 valence electrons. The van der Waals surface area contributed by atoms with Crippen molar-refractivity contribution in [3.8, 4) is 11.3 Å². The number of aryl methyl sites for hydroxylation is 1. The lowest BCUT2D eigenvalue weighted by molar-refractivity contribution is -0.137. The quantitative estimate of drug-likeness (QED) is 0.586. The van der Waals surface area contributed by atoms with Gasteiger partial charge in [0, 0.05) is 42.1 Å². The molecule has 0 aliphatic heterocycles. The van der Waals surface area contributed by atoms with Crippen LogP contribution in [0, 0.1) is 0 Å². The molecule has 3 rings (SSSR count). The molecule has 0 atom stereocenters. The number of hydrogen-bond donors (Lipinski definition) is 2. The first kappa shape index (κ1) is 19.2. The molecule has 0 aliphatic rings. The molecule has 0 saturated heterocycles. The molecule has 27 heavy (non-hydrogen) atoms. The van der Waals surface area contributed by atoms with Crippen molar-refractivity contribution in [1.82, 2.24) is 19.3 Å². The van der Waals surface area contributed by atoms with E-state index >= 15 is 0 Å². The van der Waals surface area contributed by atoms with E-state index in [9.17, 15) is 13.2 Å². The highest BCUT2D eigenvalue weighted by Crippen LogP contribution is 2.33. The van der Waals surface area contributed by atoms with E-state index in [1.165, 1.54) is 18.0 Å². The highest BCUT2D eigenvalue weighted by atomic mass is 32.2. The fourth-order valence-corrected chi connectivity index (χ4v) is 3.01. The molecule has 0 spiro atoms. The molecule has 0 fully saturated rings. The Bertz CT molecular complexity index is 906. The number of aromatic nitrogens is 3. The zero-order chi connectivity index (χ0) is 19.4. The normalized spacial score (nSPS) is 11.6. The predicted octanol–water partition coefficient (Wildman–Crippen LogP) is 4.86. The Hall–Kier alpha value is -2.52. The monoisotopic (exact) mass is 393 g/mol. The average Bonchev–Trinajstić information content (AvgIpc) is 3.07. The number of nitrogens with zero attached hydrogens (tertiary/aromatic N) is 3. The van der Waals surface area contributed by atoms with Gasteiger partial charge in [0.1, 0.15) is 5.82 Å². The van der Waals surface area contributed by atoms with Crippen LogP contribution in [-0.2, 0) is 13.2 Å². The maximum Gasteiger partial charge on any atom is 0.417 e. The third kappa shape index (κ3) is 4.81. The first-order valence-corrected chi connectivity index (χ1v) is 9.01. The molecule has 0 amide bonds. The molecule has 1 aromatic carbocycles. The Morgan fingerprint density at radius 3 is 2.56 bits per heavy atom. The van der Waals surface area contributed by atoms with Crippen LogP contribution in [-0.4, -0.2) is 21.1 Å². The van der Waals surface area contributed by atoms with Crippen molar-refractivity contribution in [3.05, 3.63) is 54.6 Å². The second-order valence-corrected chi connectivity index (χ2v) is 6.75. The van der Waals surface area contributed by atoms with Gasteiger partial charge in [-0.2, -0.15) is 13.2 Å². The summed E-state index contributed by atoms with van der Waals surface area (Å²) in [4.78, 5) is 9.26. The van der Waals surface area contributed by atoms with Gasteiger partial charge in [0.25, 0.3) is 0 Å². The fourth-order valence-electron chi connectivity index (χ4n) is 2.39. The van der Waals surface area contributed by atoms with Crippen LogP contribution in [0.15, 0.2) is 53.9 Å². The summed E-state index contributed by atoms with van der Waals surface area (Å²) in [6.07, 6.45) is -0.0179. The minimum Gasteiger partial charge on any atom is -0.340 e. The minimum absolute atomic E-state index is 0.326. The maximum absolute atomic E-state index is 12.7. The van der Waals surface area contributed by atoms with Crippen LogP contribution in [0.3, 0.4) is 0 Å². The van der Waals surface area contributed by atoms with Crippen LogP contribution in [0.2, 0.25) is 0 Å². The zero-order valence-electron chi connectivity index (χ0n) is 14.7. The summed E-state index contributed by atoms with van der Waals surface area (Å²) in [6.45, 7) is 2.83. The lowest BCUT2D eigenvalue weighted by Gasteiger charge is -2.13. The van der Waals surface area contributed by atoms with Gasteiger partial charge in [-0.15, -0.1) is 0 Å². The first-order valence-electron chi connectivity index (χ1n) is 8.19. The van der Waals surface area contributed by atoms with Gasteiger partial charge in [-0.05, 0) is 42.3 Å². The van der Waals surface area contributed by atoms with E-state index in [1.807, 2.05) is 42.9 Å². The first-order chi connectivity index (χ1) is 12.9. The summed E-state index contributed by atoms with van der Waals surface area (Å²) in [5.41, 5.74) is 1.52. The van der Waals surface area contributed by atoms with Gasteiger partial charge in [-0.1, -0.05) is 6.92 Å². The topological polar surface area (TPSA) is 54.8 Å². The van der Waals surface area contributed by atoms with Crippen LogP contribution >= 0.6 is 11.9 Å². The van der Waals surface area contributed by atoms with E-state index in [0.29, 0.717) is 11.5 Å². The average molecular weight is 393 g/mol. The van der Waals surface area contributed by atoms with Gasteiger partial charge >= 0.3 is 6.18 Å². The summed E-state index contributed by atoms with van der Waals surface area (Å²) in [7, 11) is 1.87. The van der Waals surface area contributed by atoms with Gasteiger partial charge in [-0.3, -0.25) is 4.72 Å². The molecular weight excluding hydrogens is 375 g/mol. The smallest absolute Gasteiger partial charge is 0.340 e. The third-order valence-corrected chi connectivity index (χ3v) is 4.58. The van der Waals surface area contributed by atoms with E-state index in [4.69, 9.17) is 0 Å². The number of hydrogen-bond acceptors (Lipinski definition) is 5. The molecule has 0 bridgehead atoms. The molecule has 3 aromatic rings. The minimum atomic E-state index is -4.41. The molecule has 2 aromatic heterocycles. The largest absolute Gasteiger partial charge is 0.417 e. The summed E-state index contributed by atoms with van der Waals surface area (Å²) >= 11 is 1.50. The van der Waals surface area contributed by atoms with E-state index in [-0.39, 0.29) is 0 Å². The molecule has 5 nitrogen and oxygen atoms in total. The molecule has 0 radical (unpaired) electrons. The van der Waals surface area contributed by atoms with Crippen molar-refractivity contribution < 1.29 is 13.2 Å². The SMILES string of the molecule is CCNSc1ccc(Nc2ccc(C(F)(F)F)cn2)c(-c2cn(C)cn2)c1. The number of anilines is 2. The molecule has 0 saturated carbocycles. The number of rotatable bonds is 6. The Morgan fingerprint density at radius 1 is 1.15 bits per heavy atom. The standard InChI is InChI=1S/C18H18F3N5S/c1-3-24-27-13-5-6-15(14(8-13)16-10-26(2)11-23-16)25-17-7-4-12(9-22-17)18(19,20)21/h4-11,24H,3H2,1-2H3,(H,22,25). The van der Waals surface area contributed by atoms with E-state index in [1.54, 1.807) is 6.33 Å². The van der Waals surface area contributed by atoms with Gasteiger partial charge in [-0.25, -0.2) is 9.97 Å². The van der Waals surface area contributed by atoms with Gasteiger partial charge in [0.05, 0.1) is 17.6 Å². The molecule has 0 aliphatic carbocycles. The summed E-state index contributed by atoms with van der Waals surface area (Å²) in [5, 5.41) is 3.08. The van der Waals surface area contributed by atoms with Crippen molar-refractivity contribution in [2.24, 2.45) is 7.05 Å². The fraction of sp³-hybridized carbons (Fsp3) is 0.222. The highest BCUT2D eigenvalue weighted by molar-refractivity contribution is 7.97. The number of halogens is 3. The molecule has 0 unspecified atom stereocenters. The molecular formula is C18H18F3N5S. The van der Waals surface area contributed by atoms with Crippen LogP contribution in [0.1, 0.15) is 12.5 Å². The highest BCUT2D eigenvalue weighted by Gasteiger charge is 2.30. The molecule has 2 N–H and O–H groups in total. The van der Waals surface area contributed by atoms with Crippen molar-refractivity contribution in [2.45, 2.75) is 18.0 Å². The van der Waals surface area contributed by atoms with Gasteiger partial charge < -0.3 is 9.88 Å². The maximum atomic E-state index is 12.7. The molecule has 9 heteroatoms. The van der Waals surface area contributed by atoms with Crippen LogP contribution in [0.5, 0.6) is 0 Å². The second-order valence-electron chi connectivity index (χ2n) is 5.79. The van der Waals surface area contributed by atoms with Crippen LogP contribution in [0.4, 0.5) is 24.7 Å². The zero-order valence-corrected chi connectivity index (χ0v) is 15.5. The number of nitrogens with one attached hydrogen (secondary N) is 2. The summed E-state index contributed by atoms with van der Waals surface area (Å²) < 4.78 is 43.1. The second kappa shape index (κ2) is 8.01. The Balaban J connectivity index is 1.92. The van der Waals surface area contributed by atoms with Crippen LogP contribution in [0.25, 0.3) is 11.3 Å². The third-order valence-electron chi connectivity index (χ3n) is 3.66.